The highest BCUT2D eigenvalue weighted by molar-refractivity contribution is 6.05. The van der Waals surface area contributed by atoms with Gasteiger partial charge in [0, 0.05) is 59.0 Å². The number of imidazole rings is 1. The molecule has 0 atom stereocenters. The van der Waals surface area contributed by atoms with Gasteiger partial charge in [-0.05, 0) is 96.9 Å². The lowest BCUT2D eigenvalue weighted by molar-refractivity contribution is 0.0944. The lowest BCUT2D eigenvalue weighted by atomic mass is 9.84. The van der Waals surface area contributed by atoms with E-state index in [1.165, 1.54) is 14.2 Å². The lowest BCUT2D eigenvalue weighted by Crippen LogP contribution is -2.36. The minimum atomic E-state index is -0.326. The van der Waals surface area contributed by atoms with E-state index in [9.17, 15) is 14.4 Å². The van der Waals surface area contributed by atoms with Crippen LogP contribution in [0.1, 0.15) is 75.7 Å². The fourth-order valence-corrected chi connectivity index (χ4v) is 6.46. The summed E-state index contributed by atoms with van der Waals surface area (Å²) in [6, 6.07) is 31.0. The number of nitrogens with two attached hydrogens (primary N) is 1. The van der Waals surface area contributed by atoms with Gasteiger partial charge in [0.05, 0.1) is 39.5 Å². The van der Waals surface area contributed by atoms with E-state index in [1.54, 1.807) is 50.6 Å². The van der Waals surface area contributed by atoms with Crippen molar-refractivity contribution < 1.29 is 33.3 Å². The Morgan fingerprint density at radius 2 is 1.02 bits per heavy atom. The van der Waals surface area contributed by atoms with Crippen molar-refractivity contribution in [1.29, 1.82) is 0 Å². The van der Waals surface area contributed by atoms with Gasteiger partial charge in [0.2, 0.25) is 0 Å². The van der Waals surface area contributed by atoms with Crippen LogP contribution in [0.2, 0.25) is 0 Å². The molecule has 0 saturated carbocycles. The Labute approximate surface area is 357 Å². The van der Waals surface area contributed by atoms with Crippen molar-refractivity contribution in [2.45, 2.75) is 45.4 Å². The van der Waals surface area contributed by atoms with Crippen molar-refractivity contribution in [3.8, 4) is 23.0 Å². The number of nitrogens with one attached hydrogen (secondary N) is 3. The molecule has 0 aliphatic heterocycles. The molecule has 13 heteroatoms. The van der Waals surface area contributed by atoms with Crippen molar-refractivity contribution >= 4 is 40.1 Å². The average Bonchev–Trinajstić information content (AvgIpc) is 3.56. The topological polar surface area (TPSA) is 168 Å². The second kappa shape index (κ2) is 19.5. The predicted molar refractivity (Wildman–Crippen MR) is 241 cm³/mol. The zero-order chi connectivity index (χ0) is 44.5. The van der Waals surface area contributed by atoms with E-state index in [1.807, 2.05) is 85.3 Å². The summed E-state index contributed by atoms with van der Waals surface area (Å²) >= 11 is 0. The summed E-state index contributed by atoms with van der Waals surface area (Å²) in [6.07, 6.45) is 0. The van der Waals surface area contributed by atoms with Crippen molar-refractivity contribution in [3.63, 3.8) is 0 Å². The number of carbonyl (C=O) groups excluding carboxylic acids is 3. The Bertz CT molecular complexity index is 2490. The van der Waals surface area contributed by atoms with Crippen LogP contribution in [0.25, 0.3) is 11.0 Å². The van der Waals surface area contributed by atoms with Crippen molar-refractivity contribution in [2.24, 2.45) is 12.8 Å². The molecule has 0 bridgehead atoms. The summed E-state index contributed by atoms with van der Waals surface area (Å²) in [5, 5.41) is 8.83. The molecule has 5 aromatic carbocycles. The van der Waals surface area contributed by atoms with Crippen LogP contribution in [0, 0.1) is 6.92 Å². The molecule has 6 aromatic rings. The summed E-state index contributed by atoms with van der Waals surface area (Å²) in [6.45, 7) is 11.3. The third-order valence-electron chi connectivity index (χ3n) is 10.7. The molecule has 0 saturated heterocycles. The first-order valence-corrected chi connectivity index (χ1v) is 19.7. The van der Waals surface area contributed by atoms with E-state index in [2.05, 4.69) is 48.6 Å². The fraction of sp³-hybridized carbons (Fsp3) is 0.292. The smallest absolute Gasteiger partial charge is 0.255 e. The van der Waals surface area contributed by atoms with E-state index in [4.69, 9.17) is 24.7 Å². The SMILES string of the molecule is COc1ccc(C(=O)Nc2ccc(C(C)(C)CN)cc2)cc1OC.COc1ccc(C(=O)Nc2ccc(C(C)(C)CNC(=O)c3ccc4c(c3)nc(C)n4C)cc2)cc1OC. The Balaban J connectivity index is 0.000000254. The fourth-order valence-electron chi connectivity index (χ4n) is 6.46. The van der Waals surface area contributed by atoms with Crippen molar-refractivity contribution in [3.05, 3.63) is 137 Å². The summed E-state index contributed by atoms with van der Waals surface area (Å²) in [5.41, 5.74) is 12.3. The number of fused-ring (bicyclic) bond motifs is 1. The van der Waals surface area contributed by atoms with Gasteiger partial charge < -0.3 is 45.2 Å². The Hall–Kier alpha value is -6.86. The number of nitrogens with zero attached hydrogens (tertiary/aromatic N) is 2. The van der Waals surface area contributed by atoms with Gasteiger partial charge in [-0.25, -0.2) is 4.98 Å². The average molecular weight is 829 g/mol. The molecule has 61 heavy (non-hydrogen) atoms. The molecule has 3 amide bonds. The molecule has 0 fully saturated rings. The van der Waals surface area contributed by atoms with Gasteiger partial charge in [-0.1, -0.05) is 52.0 Å². The van der Waals surface area contributed by atoms with Gasteiger partial charge in [-0.2, -0.15) is 0 Å². The number of rotatable bonds is 14. The van der Waals surface area contributed by atoms with Crippen molar-refractivity contribution in [1.82, 2.24) is 14.9 Å². The Morgan fingerprint density at radius 1 is 0.590 bits per heavy atom. The molecule has 1 heterocycles. The maximum absolute atomic E-state index is 12.8. The number of methoxy groups -OCH3 is 4. The van der Waals surface area contributed by atoms with E-state index >= 15 is 0 Å². The number of hydrogen-bond acceptors (Lipinski definition) is 9. The molecule has 0 radical (unpaired) electrons. The highest BCUT2D eigenvalue weighted by Crippen LogP contribution is 2.30. The highest BCUT2D eigenvalue weighted by Gasteiger charge is 2.23. The van der Waals surface area contributed by atoms with E-state index < -0.39 is 0 Å². The monoisotopic (exact) mass is 828 g/mol. The van der Waals surface area contributed by atoms with Gasteiger partial charge in [-0.15, -0.1) is 0 Å². The molecular formula is C48H56N6O7. The quantitative estimate of drug-likeness (QED) is 0.0849. The lowest BCUT2D eigenvalue weighted by Gasteiger charge is -2.26. The maximum Gasteiger partial charge on any atom is 0.255 e. The van der Waals surface area contributed by atoms with Crippen LogP contribution in [0.4, 0.5) is 11.4 Å². The van der Waals surface area contributed by atoms with Crippen LogP contribution in [-0.2, 0) is 17.9 Å². The number of carbonyl (C=O) groups is 3. The third-order valence-corrected chi connectivity index (χ3v) is 10.7. The standard InChI is InChI=1S/C29H32N4O4.C19H24N2O3/c1-18-31-23-15-19(7-13-24(23)33(18)4)27(34)30-17-29(2,3)21-9-11-22(12-10-21)32-28(35)20-8-14-25(36-5)26(16-20)37-6;1-19(2,12-20)14-6-8-15(9-7-14)21-18(22)13-5-10-16(23-3)17(11-13)24-4/h7-16H,17H2,1-6H3,(H,30,34)(H,32,35);5-11H,12,20H2,1-4H3,(H,21,22). The second-order valence-corrected chi connectivity index (χ2v) is 15.8. The molecule has 13 nitrogen and oxygen atoms in total. The van der Waals surface area contributed by atoms with Gasteiger partial charge in [0.25, 0.3) is 17.7 Å². The van der Waals surface area contributed by atoms with Crippen LogP contribution in [0.15, 0.2) is 103 Å². The molecule has 0 aliphatic rings. The number of aryl methyl sites for hydroxylation is 2. The van der Waals surface area contributed by atoms with Crippen LogP contribution >= 0.6 is 0 Å². The van der Waals surface area contributed by atoms with E-state index in [0.717, 1.165) is 33.7 Å². The zero-order valence-electron chi connectivity index (χ0n) is 36.6. The number of hydrogen-bond donors (Lipinski definition) is 4. The number of aromatic nitrogens is 2. The summed E-state index contributed by atoms with van der Waals surface area (Å²) in [5.74, 6) is 2.46. The summed E-state index contributed by atoms with van der Waals surface area (Å²) in [4.78, 5) is 42.5. The third kappa shape index (κ3) is 10.9. The first-order valence-electron chi connectivity index (χ1n) is 19.7. The largest absolute Gasteiger partial charge is 0.493 e. The molecule has 5 N–H and O–H groups in total. The van der Waals surface area contributed by atoms with Crippen molar-refractivity contribution in [2.75, 3.05) is 52.2 Å². The second-order valence-electron chi connectivity index (χ2n) is 15.8. The Morgan fingerprint density at radius 3 is 1.46 bits per heavy atom. The van der Waals surface area contributed by atoms with Gasteiger partial charge in [0.15, 0.2) is 23.0 Å². The molecule has 1 aromatic heterocycles. The van der Waals surface area contributed by atoms with Gasteiger partial charge >= 0.3 is 0 Å². The van der Waals surface area contributed by atoms with Gasteiger partial charge in [0.1, 0.15) is 5.82 Å². The molecule has 6 rings (SSSR count). The first-order chi connectivity index (χ1) is 29.0. The number of benzene rings is 5. The summed E-state index contributed by atoms with van der Waals surface area (Å²) < 4.78 is 22.9. The maximum atomic E-state index is 12.8. The Kier molecular flexibility index (Phi) is 14.4. The zero-order valence-corrected chi connectivity index (χ0v) is 36.6. The number of anilines is 2. The minimum absolute atomic E-state index is 0.0914. The van der Waals surface area contributed by atoms with Crippen LogP contribution < -0.4 is 40.6 Å². The van der Waals surface area contributed by atoms with Crippen LogP contribution in [0.5, 0.6) is 23.0 Å². The van der Waals surface area contributed by atoms with Gasteiger partial charge in [-0.3, -0.25) is 14.4 Å². The van der Waals surface area contributed by atoms with E-state index in [-0.39, 0.29) is 28.6 Å². The summed E-state index contributed by atoms with van der Waals surface area (Å²) in [7, 11) is 8.13. The molecule has 0 spiro atoms. The number of amides is 3. The van der Waals surface area contributed by atoms with Crippen LogP contribution in [0.3, 0.4) is 0 Å². The first kappa shape index (κ1) is 45.2. The number of ether oxygens (including phenoxy) is 4. The highest BCUT2D eigenvalue weighted by atomic mass is 16.5. The normalized spacial score (nSPS) is 11.2. The predicted octanol–water partition coefficient (Wildman–Crippen LogP) is 8.05. The molecular weight excluding hydrogens is 773 g/mol. The van der Waals surface area contributed by atoms with Crippen LogP contribution in [-0.4, -0.2) is 68.8 Å². The molecule has 320 valence electrons. The molecule has 0 aliphatic carbocycles. The minimum Gasteiger partial charge on any atom is -0.493 e. The van der Waals surface area contributed by atoms with E-state index in [0.29, 0.717) is 58.5 Å². The molecule has 0 unspecified atom stereocenters.